The maximum atomic E-state index is 12.8. The van der Waals surface area contributed by atoms with Crippen LogP contribution in [0.2, 0.25) is 0 Å². The van der Waals surface area contributed by atoms with E-state index in [1.807, 2.05) is 50.2 Å². The van der Waals surface area contributed by atoms with Crippen LogP contribution in [-0.4, -0.2) is 13.0 Å². The Balaban J connectivity index is 1.83. The predicted octanol–water partition coefficient (Wildman–Crippen LogP) is 6.66. The molecule has 0 unspecified atom stereocenters. The van der Waals surface area contributed by atoms with Crippen molar-refractivity contribution in [1.82, 2.24) is 0 Å². The summed E-state index contributed by atoms with van der Waals surface area (Å²) >= 11 is 2.17. The zero-order chi connectivity index (χ0) is 24.8. The summed E-state index contributed by atoms with van der Waals surface area (Å²) < 4.78 is 12.5. The van der Waals surface area contributed by atoms with Gasteiger partial charge < -0.3 is 14.8 Å². The summed E-state index contributed by atoms with van der Waals surface area (Å²) in [4.78, 5) is 12.8. The highest BCUT2D eigenvalue weighted by molar-refractivity contribution is 14.1. The van der Waals surface area contributed by atoms with Crippen molar-refractivity contribution in [1.29, 1.82) is 5.26 Å². The van der Waals surface area contributed by atoms with E-state index in [-0.39, 0.29) is 5.57 Å². The number of rotatable bonds is 7. The number of carbonyl (C=O) groups excluding carboxylic acids is 1. The Hall–Kier alpha value is -3.31. The number of hydrogen-bond donors (Lipinski definition) is 1. The number of halogens is 1. The van der Waals surface area contributed by atoms with E-state index in [4.69, 9.17) is 9.47 Å². The molecule has 0 aliphatic rings. The first-order chi connectivity index (χ1) is 16.2. The molecule has 0 aromatic heterocycles. The lowest BCUT2D eigenvalue weighted by molar-refractivity contribution is -0.112. The van der Waals surface area contributed by atoms with E-state index >= 15 is 0 Å². The average molecular weight is 566 g/mol. The molecule has 0 atom stereocenters. The van der Waals surface area contributed by atoms with Crippen molar-refractivity contribution in [2.24, 2.45) is 0 Å². The van der Waals surface area contributed by atoms with Gasteiger partial charge in [0, 0.05) is 5.69 Å². The van der Waals surface area contributed by atoms with Gasteiger partial charge in [-0.1, -0.05) is 30.3 Å². The fourth-order valence-electron chi connectivity index (χ4n) is 3.40. The quantitative estimate of drug-likeness (QED) is 0.197. The van der Waals surface area contributed by atoms with Gasteiger partial charge in [0.1, 0.15) is 18.2 Å². The fraction of sp³-hybridized carbons (Fsp3) is 0.214. The Kier molecular flexibility index (Phi) is 8.35. The van der Waals surface area contributed by atoms with Gasteiger partial charge >= 0.3 is 0 Å². The van der Waals surface area contributed by atoms with Crippen LogP contribution in [0.5, 0.6) is 11.5 Å². The standard InChI is InChI=1S/C28H27IN2O3/c1-17-9-10-21(11-19(17)3)16-34-27-24(29)13-22(14-26(27)33-5)12-23(15-30)28(32)31-25-8-6-7-18(2)20(25)4/h6-14H,16H2,1-5H3,(H,31,32)/b23-12+. The average Bonchev–Trinajstić information content (AvgIpc) is 2.81. The topological polar surface area (TPSA) is 71.3 Å². The summed E-state index contributed by atoms with van der Waals surface area (Å²) in [5.41, 5.74) is 6.92. The zero-order valence-corrected chi connectivity index (χ0v) is 22.1. The van der Waals surface area contributed by atoms with Crippen molar-refractivity contribution in [2.75, 3.05) is 12.4 Å². The van der Waals surface area contributed by atoms with Gasteiger partial charge in [-0.05, 0) is 108 Å². The van der Waals surface area contributed by atoms with Crippen LogP contribution in [0, 0.1) is 42.6 Å². The van der Waals surface area contributed by atoms with Gasteiger partial charge in [0.2, 0.25) is 0 Å². The fourth-order valence-corrected chi connectivity index (χ4v) is 4.18. The van der Waals surface area contributed by atoms with Crippen molar-refractivity contribution in [3.05, 3.63) is 91.1 Å². The normalized spacial score (nSPS) is 11.0. The van der Waals surface area contributed by atoms with Crippen LogP contribution in [0.25, 0.3) is 6.08 Å². The molecule has 0 aliphatic carbocycles. The summed E-state index contributed by atoms with van der Waals surface area (Å²) in [5.74, 6) is 0.700. The molecule has 6 heteroatoms. The minimum Gasteiger partial charge on any atom is -0.493 e. The summed E-state index contributed by atoms with van der Waals surface area (Å²) in [6.45, 7) is 8.47. The van der Waals surface area contributed by atoms with Gasteiger partial charge in [-0.3, -0.25) is 4.79 Å². The molecule has 3 rings (SSSR count). The molecule has 3 aromatic rings. The number of nitriles is 1. The molecule has 0 fully saturated rings. The molecule has 0 aliphatic heterocycles. The van der Waals surface area contributed by atoms with E-state index in [2.05, 4.69) is 53.9 Å². The molecular weight excluding hydrogens is 539 g/mol. The van der Waals surface area contributed by atoms with Gasteiger partial charge in [-0.2, -0.15) is 5.26 Å². The molecule has 34 heavy (non-hydrogen) atoms. The van der Waals surface area contributed by atoms with Crippen molar-refractivity contribution in [3.63, 3.8) is 0 Å². The van der Waals surface area contributed by atoms with Crippen molar-refractivity contribution in [3.8, 4) is 17.6 Å². The third-order valence-corrected chi connectivity index (χ3v) is 6.54. The molecule has 0 heterocycles. The number of nitrogens with zero attached hydrogens (tertiary/aromatic N) is 1. The van der Waals surface area contributed by atoms with Crippen LogP contribution in [-0.2, 0) is 11.4 Å². The molecule has 5 nitrogen and oxygen atoms in total. The second kappa shape index (κ2) is 11.2. The van der Waals surface area contributed by atoms with Crippen LogP contribution in [0.15, 0.2) is 54.1 Å². The van der Waals surface area contributed by atoms with Gasteiger partial charge in [0.25, 0.3) is 5.91 Å². The minimum atomic E-state index is -0.458. The molecule has 174 valence electrons. The second-order valence-corrected chi connectivity index (χ2v) is 9.28. The number of hydrogen-bond acceptors (Lipinski definition) is 4. The van der Waals surface area contributed by atoms with E-state index in [1.165, 1.54) is 11.1 Å². The molecule has 3 aromatic carbocycles. The SMILES string of the molecule is COc1cc(/C=C(\C#N)C(=O)Nc2cccc(C)c2C)cc(I)c1OCc1ccc(C)c(C)c1. The van der Waals surface area contributed by atoms with E-state index in [1.54, 1.807) is 19.3 Å². The number of benzene rings is 3. The Labute approximate surface area is 214 Å². The molecule has 0 saturated carbocycles. The number of aryl methyl sites for hydroxylation is 3. The van der Waals surface area contributed by atoms with E-state index in [0.29, 0.717) is 29.4 Å². The smallest absolute Gasteiger partial charge is 0.266 e. The number of carbonyl (C=O) groups is 1. The second-order valence-electron chi connectivity index (χ2n) is 8.11. The highest BCUT2D eigenvalue weighted by atomic mass is 127. The maximum Gasteiger partial charge on any atom is 0.266 e. The minimum absolute atomic E-state index is 0.00237. The number of nitrogens with one attached hydrogen (secondary N) is 1. The molecular formula is C28H27IN2O3. The number of methoxy groups -OCH3 is 1. The van der Waals surface area contributed by atoms with Crippen LogP contribution < -0.4 is 14.8 Å². The molecule has 0 spiro atoms. The highest BCUT2D eigenvalue weighted by Crippen LogP contribution is 2.35. The van der Waals surface area contributed by atoms with Crippen LogP contribution in [0.4, 0.5) is 5.69 Å². The third kappa shape index (κ3) is 5.97. The molecule has 0 bridgehead atoms. The Morgan fingerprint density at radius 2 is 1.82 bits per heavy atom. The van der Waals surface area contributed by atoms with Gasteiger partial charge in [0.05, 0.1) is 10.7 Å². The summed E-state index contributed by atoms with van der Waals surface area (Å²) in [5, 5.41) is 12.5. The third-order valence-electron chi connectivity index (χ3n) is 5.74. The Bertz CT molecular complexity index is 1310. The van der Waals surface area contributed by atoms with Crippen LogP contribution in [0.1, 0.15) is 33.4 Å². The molecule has 1 amide bonds. The number of ether oxygens (including phenoxy) is 2. The van der Waals surface area contributed by atoms with Gasteiger partial charge in [-0.15, -0.1) is 0 Å². The zero-order valence-electron chi connectivity index (χ0n) is 20.0. The van der Waals surface area contributed by atoms with Crippen molar-refractivity contribution < 1.29 is 14.3 Å². The summed E-state index contributed by atoms with van der Waals surface area (Å²) in [6, 6.07) is 17.5. The predicted molar refractivity (Wildman–Crippen MR) is 144 cm³/mol. The monoisotopic (exact) mass is 566 g/mol. The molecule has 1 N–H and O–H groups in total. The van der Waals surface area contributed by atoms with Crippen molar-refractivity contribution in [2.45, 2.75) is 34.3 Å². The highest BCUT2D eigenvalue weighted by Gasteiger charge is 2.15. The summed E-state index contributed by atoms with van der Waals surface area (Å²) in [6.07, 6.45) is 1.55. The van der Waals surface area contributed by atoms with Crippen molar-refractivity contribution >= 4 is 40.3 Å². The first-order valence-corrected chi connectivity index (χ1v) is 11.9. The van der Waals surface area contributed by atoms with Crippen LogP contribution in [0.3, 0.4) is 0 Å². The number of amides is 1. The van der Waals surface area contributed by atoms with E-state index < -0.39 is 5.91 Å². The van der Waals surface area contributed by atoms with Crippen LogP contribution >= 0.6 is 22.6 Å². The summed E-state index contributed by atoms with van der Waals surface area (Å²) in [7, 11) is 1.57. The first-order valence-electron chi connectivity index (χ1n) is 10.8. The number of anilines is 1. The van der Waals surface area contributed by atoms with Gasteiger partial charge in [-0.25, -0.2) is 0 Å². The Morgan fingerprint density at radius 1 is 1.06 bits per heavy atom. The van der Waals surface area contributed by atoms with E-state index in [9.17, 15) is 10.1 Å². The molecule has 0 radical (unpaired) electrons. The lowest BCUT2D eigenvalue weighted by Gasteiger charge is -2.14. The largest absolute Gasteiger partial charge is 0.493 e. The lowest BCUT2D eigenvalue weighted by Crippen LogP contribution is -2.14. The lowest BCUT2D eigenvalue weighted by atomic mass is 10.1. The first kappa shape index (κ1) is 25.3. The maximum absolute atomic E-state index is 12.8. The van der Waals surface area contributed by atoms with Gasteiger partial charge in [0.15, 0.2) is 11.5 Å². The van der Waals surface area contributed by atoms with E-state index in [0.717, 1.165) is 20.3 Å². The Morgan fingerprint density at radius 3 is 2.50 bits per heavy atom. The molecule has 0 saturated heterocycles.